The Kier molecular flexibility index (Phi) is 6.76. The highest BCUT2D eigenvalue weighted by molar-refractivity contribution is 8.21. The van der Waals surface area contributed by atoms with Gasteiger partial charge in [0.05, 0.1) is 0 Å². The molecule has 0 aromatic rings. The van der Waals surface area contributed by atoms with E-state index in [0.717, 1.165) is 17.9 Å². The van der Waals surface area contributed by atoms with Crippen molar-refractivity contribution >= 4 is 27.4 Å². The molecule has 0 saturated heterocycles. The average Bonchev–Trinajstić information content (AvgIpc) is 1.98. The molecular weight excluding hydrogens is 166 g/mol. The largest absolute Gasteiger partial charge is 0.262 e. The standard InChI is InChI=1S/C7H10ClNS/c1-3-7(9-4-2)5-6-10-8/h3-4H,1-2,5-6H2. The monoisotopic (exact) mass is 175 g/mol. The van der Waals surface area contributed by atoms with Crippen LogP contribution in [0.3, 0.4) is 0 Å². The van der Waals surface area contributed by atoms with Crippen molar-refractivity contribution < 1.29 is 0 Å². The molecule has 0 amide bonds. The van der Waals surface area contributed by atoms with Gasteiger partial charge in [-0.05, 0) is 23.2 Å². The highest BCUT2D eigenvalue weighted by Crippen LogP contribution is 2.07. The second-order valence-electron chi connectivity index (χ2n) is 1.57. The number of nitrogens with zero attached hydrogens (tertiary/aromatic N) is 1. The fourth-order valence-corrected chi connectivity index (χ4v) is 0.997. The zero-order valence-corrected chi connectivity index (χ0v) is 7.29. The van der Waals surface area contributed by atoms with Crippen LogP contribution in [0.2, 0.25) is 0 Å². The highest BCUT2D eigenvalue weighted by Gasteiger charge is 1.90. The first kappa shape index (κ1) is 9.79. The van der Waals surface area contributed by atoms with Gasteiger partial charge in [0.15, 0.2) is 0 Å². The minimum atomic E-state index is 0.851. The lowest BCUT2D eigenvalue weighted by Gasteiger charge is -1.94. The maximum Gasteiger partial charge on any atom is 0.0406 e. The second-order valence-corrected chi connectivity index (χ2v) is 2.85. The number of halogens is 1. The van der Waals surface area contributed by atoms with Crippen LogP contribution in [-0.2, 0) is 0 Å². The van der Waals surface area contributed by atoms with Crippen molar-refractivity contribution in [2.24, 2.45) is 4.99 Å². The summed E-state index contributed by atoms with van der Waals surface area (Å²) in [4.78, 5) is 3.97. The summed E-state index contributed by atoms with van der Waals surface area (Å²) in [5.74, 6) is 0.861. The van der Waals surface area contributed by atoms with E-state index in [1.807, 2.05) is 0 Å². The molecule has 0 rings (SSSR count). The number of aliphatic imine (C=N–C) groups is 1. The van der Waals surface area contributed by atoms with Gasteiger partial charge in [0, 0.05) is 17.7 Å². The average molecular weight is 176 g/mol. The number of rotatable bonds is 5. The molecule has 0 aliphatic rings. The SMILES string of the molecule is C=CN=C(C=C)CCSCl. The quantitative estimate of drug-likeness (QED) is 0.586. The van der Waals surface area contributed by atoms with Crippen LogP contribution in [0.4, 0.5) is 0 Å². The Morgan fingerprint density at radius 2 is 2.30 bits per heavy atom. The van der Waals surface area contributed by atoms with Gasteiger partial charge < -0.3 is 0 Å². The maximum atomic E-state index is 5.40. The van der Waals surface area contributed by atoms with E-state index in [2.05, 4.69) is 18.2 Å². The summed E-state index contributed by atoms with van der Waals surface area (Å²) in [7, 11) is 6.68. The van der Waals surface area contributed by atoms with Gasteiger partial charge in [-0.3, -0.25) is 4.99 Å². The van der Waals surface area contributed by atoms with Crippen molar-refractivity contribution in [2.45, 2.75) is 6.42 Å². The van der Waals surface area contributed by atoms with Crippen molar-refractivity contribution in [3.63, 3.8) is 0 Å². The molecule has 0 aromatic carbocycles. The molecule has 0 aliphatic heterocycles. The summed E-state index contributed by atoms with van der Waals surface area (Å²) < 4.78 is 0. The molecular formula is C7H10ClNS. The van der Waals surface area contributed by atoms with Crippen molar-refractivity contribution in [2.75, 3.05) is 5.75 Å². The topological polar surface area (TPSA) is 12.4 Å². The first-order valence-corrected chi connectivity index (χ1v) is 4.70. The van der Waals surface area contributed by atoms with Gasteiger partial charge in [-0.2, -0.15) is 0 Å². The van der Waals surface area contributed by atoms with Gasteiger partial charge in [0.25, 0.3) is 0 Å². The predicted molar refractivity (Wildman–Crippen MR) is 50.8 cm³/mol. The molecule has 3 heteroatoms. The van der Waals surface area contributed by atoms with Gasteiger partial charge in [-0.15, -0.1) is 0 Å². The highest BCUT2D eigenvalue weighted by atomic mass is 35.7. The first-order valence-electron chi connectivity index (χ1n) is 2.88. The third kappa shape index (κ3) is 4.65. The van der Waals surface area contributed by atoms with E-state index in [4.69, 9.17) is 10.7 Å². The summed E-state index contributed by atoms with van der Waals surface area (Å²) in [5, 5.41) is 0. The Balaban J connectivity index is 3.70. The van der Waals surface area contributed by atoms with E-state index >= 15 is 0 Å². The molecule has 0 bridgehead atoms. The summed E-state index contributed by atoms with van der Waals surface area (Å²) in [6.45, 7) is 7.08. The molecule has 0 saturated carbocycles. The Morgan fingerprint density at radius 3 is 2.70 bits per heavy atom. The van der Waals surface area contributed by atoms with Crippen molar-refractivity contribution in [1.82, 2.24) is 0 Å². The van der Waals surface area contributed by atoms with Gasteiger partial charge in [-0.25, -0.2) is 0 Å². The van der Waals surface area contributed by atoms with Crippen molar-refractivity contribution in [3.8, 4) is 0 Å². The molecule has 0 aromatic heterocycles. The molecule has 0 heterocycles. The Hall–Kier alpha value is -0.210. The predicted octanol–water partition coefficient (Wildman–Crippen LogP) is 3.03. The van der Waals surface area contributed by atoms with Gasteiger partial charge in [0.1, 0.15) is 0 Å². The summed E-state index contributed by atoms with van der Waals surface area (Å²) in [6, 6.07) is 0. The van der Waals surface area contributed by atoms with Crippen LogP contribution in [0.25, 0.3) is 0 Å². The van der Waals surface area contributed by atoms with Crippen molar-refractivity contribution in [1.29, 1.82) is 0 Å². The summed E-state index contributed by atoms with van der Waals surface area (Å²) in [6.07, 6.45) is 4.08. The van der Waals surface area contributed by atoms with E-state index in [0.29, 0.717) is 0 Å². The smallest absolute Gasteiger partial charge is 0.0406 e. The Morgan fingerprint density at radius 1 is 1.60 bits per heavy atom. The zero-order valence-electron chi connectivity index (χ0n) is 5.72. The van der Waals surface area contributed by atoms with Crippen LogP contribution in [-0.4, -0.2) is 11.5 Å². The molecule has 0 N–H and O–H groups in total. The minimum absolute atomic E-state index is 0.851. The van der Waals surface area contributed by atoms with Crippen molar-refractivity contribution in [3.05, 3.63) is 25.4 Å². The fourth-order valence-electron chi connectivity index (χ4n) is 0.480. The van der Waals surface area contributed by atoms with Gasteiger partial charge in [-0.1, -0.05) is 24.1 Å². The van der Waals surface area contributed by atoms with Crippen LogP contribution < -0.4 is 0 Å². The lowest BCUT2D eigenvalue weighted by Crippen LogP contribution is -1.92. The number of hydrogen-bond acceptors (Lipinski definition) is 2. The summed E-state index contributed by atoms with van der Waals surface area (Å²) >= 11 is 0. The Labute approximate surface area is 70.4 Å². The van der Waals surface area contributed by atoms with Crippen LogP contribution in [0.15, 0.2) is 30.4 Å². The van der Waals surface area contributed by atoms with Crippen LogP contribution in [0.1, 0.15) is 6.42 Å². The number of allylic oxidation sites excluding steroid dienone is 1. The van der Waals surface area contributed by atoms with Crippen LogP contribution >= 0.6 is 21.7 Å². The molecule has 10 heavy (non-hydrogen) atoms. The van der Waals surface area contributed by atoms with Crippen LogP contribution in [0, 0.1) is 0 Å². The minimum Gasteiger partial charge on any atom is -0.262 e. The lowest BCUT2D eigenvalue weighted by molar-refractivity contribution is 1.31. The maximum absolute atomic E-state index is 5.40. The third-order valence-electron chi connectivity index (χ3n) is 0.928. The molecule has 0 aliphatic carbocycles. The molecule has 0 fully saturated rings. The van der Waals surface area contributed by atoms with E-state index in [9.17, 15) is 0 Å². The lowest BCUT2D eigenvalue weighted by atomic mass is 10.3. The van der Waals surface area contributed by atoms with E-state index < -0.39 is 0 Å². The van der Waals surface area contributed by atoms with Crippen LogP contribution in [0.5, 0.6) is 0 Å². The molecule has 56 valence electrons. The fraction of sp³-hybridized carbons (Fsp3) is 0.286. The third-order valence-corrected chi connectivity index (χ3v) is 1.75. The molecule has 0 radical (unpaired) electrons. The second kappa shape index (κ2) is 6.90. The molecule has 0 unspecified atom stereocenters. The van der Waals surface area contributed by atoms with Gasteiger partial charge in [0.2, 0.25) is 0 Å². The normalized spacial score (nSPS) is 11.1. The van der Waals surface area contributed by atoms with E-state index in [1.165, 1.54) is 17.2 Å². The van der Waals surface area contributed by atoms with Gasteiger partial charge >= 0.3 is 0 Å². The van der Waals surface area contributed by atoms with E-state index in [1.54, 1.807) is 6.08 Å². The van der Waals surface area contributed by atoms with E-state index in [-0.39, 0.29) is 0 Å². The first-order chi connectivity index (χ1) is 4.85. The zero-order chi connectivity index (χ0) is 7.82. The molecule has 1 nitrogen and oxygen atoms in total. The number of hydrogen-bond donors (Lipinski definition) is 0. The Bertz CT molecular complexity index is 143. The molecule has 0 atom stereocenters. The molecule has 0 spiro atoms. The summed E-state index contributed by atoms with van der Waals surface area (Å²) in [5.41, 5.74) is 0.933.